The fourth-order valence-corrected chi connectivity index (χ4v) is 3.54. The third-order valence-electron chi connectivity index (χ3n) is 4.05. The summed E-state index contributed by atoms with van der Waals surface area (Å²) in [6, 6.07) is 6.64. The molecular formula is C15H11BIN7O. The molecular weight excluding hydrogens is 432 g/mol. The molecule has 0 aliphatic rings. The highest BCUT2D eigenvalue weighted by atomic mass is 127. The molecule has 0 spiro atoms. The lowest BCUT2D eigenvalue weighted by Gasteiger charge is -2.17. The summed E-state index contributed by atoms with van der Waals surface area (Å²) in [5.41, 5.74) is 6.76. The van der Waals surface area contributed by atoms with Crippen LogP contribution in [0.5, 0.6) is 0 Å². The molecule has 0 saturated heterocycles. The highest BCUT2D eigenvalue weighted by molar-refractivity contribution is 14.1. The second-order valence-corrected chi connectivity index (χ2v) is 6.55. The normalized spacial score (nSPS) is 12.7. The van der Waals surface area contributed by atoms with E-state index in [1.54, 1.807) is 22.9 Å². The number of hydrogen-bond donors (Lipinski definition) is 1. The average molecular weight is 443 g/mol. The van der Waals surface area contributed by atoms with Crippen LogP contribution in [0.1, 0.15) is 18.8 Å². The molecule has 3 aromatic heterocycles. The highest BCUT2D eigenvalue weighted by Crippen LogP contribution is 2.27. The number of hydrogen-bond acceptors (Lipinski definition) is 6. The third-order valence-corrected chi connectivity index (χ3v) is 4.81. The zero-order chi connectivity index (χ0) is 17.7. The summed E-state index contributed by atoms with van der Waals surface area (Å²) < 4.78 is 3.37. The van der Waals surface area contributed by atoms with E-state index in [1.807, 2.05) is 13.0 Å². The fourth-order valence-electron chi connectivity index (χ4n) is 2.79. The van der Waals surface area contributed by atoms with Crippen LogP contribution in [-0.2, 0) is 0 Å². The third kappa shape index (κ3) is 2.39. The first kappa shape index (κ1) is 16.0. The van der Waals surface area contributed by atoms with Gasteiger partial charge in [-0.05, 0) is 41.6 Å². The van der Waals surface area contributed by atoms with Gasteiger partial charge in [0.15, 0.2) is 5.65 Å². The molecule has 2 radical (unpaired) electrons. The van der Waals surface area contributed by atoms with Crippen molar-refractivity contribution in [3.63, 3.8) is 0 Å². The molecule has 1 unspecified atom stereocenters. The molecule has 0 aliphatic heterocycles. The number of fused-ring (bicyclic) bond motifs is 2. The number of para-hydroxylation sites is 1. The predicted octanol–water partition coefficient (Wildman–Crippen LogP) is 1.26. The number of halogens is 1. The monoisotopic (exact) mass is 443 g/mol. The van der Waals surface area contributed by atoms with Crippen LogP contribution >= 0.6 is 22.6 Å². The Morgan fingerprint density at radius 1 is 1.28 bits per heavy atom. The first-order valence-electron chi connectivity index (χ1n) is 7.40. The standard InChI is InChI=1S/C15H11BIN7O/c1-7(24-14-10(11(17)22-24)12(18)19-6-20-14)13-21-9-5-3-2-4-8(9)15(25)23(13)16/h2-7H,1H3,(H2,18,19,20). The SMILES string of the molecule is [B]n1c(C(C)n2nc(I)c3c(N)ncnc32)nc2ccccc2c1=O. The van der Waals surface area contributed by atoms with Crippen LogP contribution in [0.25, 0.3) is 21.9 Å². The molecule has 0 aliphatic carbocycles. The van der Waals surface area contributed by atoms with Gasteiger partial charge in [0.25, 0.3) is 0 Å². The molecule has 122 valence electrons. The number of anilines is 1. The minimum atomic E-state index is -0.428. The van der Waals surface area contributed by atoms with E-state index in [2.05, 4.69) is 42.6 Å². The maximum atomic E-state index is 12.5. The average Bonchev–Trinajstić information content (AvgIpc) is 2.95. The molecule has 0 bridgehead atoms. The molecule has 8 nitrogen and oxygen atoms in total. The zero-order valence-corrected chi connectivity index (χ0v) is 15.2. The number of nitrogens with two attached hydrogens (primary N) is 1. The molecule has 10 heteroatoms. The van der Waals surface area contributed by atoms with Crippen molar-refractivity contribution >= 4 is 58.3 Å². The van der Waals surface area contributed by atoms with E-state index >= 15 is 0 Å². The molecule has 4 rings (SSSR count). The van der Waals surface area contributed by atoms with Crippen molar-refractivity contribution < 1.29 is 0 Å². The lowest BCUT2D eigenvalue weighted by molar-refractivity contribution is 0.540. The van der Waals surface area contributed by atoms with Crippen LogP contribution in [0.2, 0.25) is 0 Å². The first-order chi connectivity index (χ1) is 12.0. The summed E-state index contributed by atoms with van der Waals surface area (Å²) in [7, 11) is 6.01. The second-order valence-electron chi connectivity index (χ2n) is 5.53. The van der Waals surface area contributed by atoms with E-state index in [9.17, 15) is 4.79 Å². The van der Waals surface area contributed by atoms with Crippen LogP contribution in [0.4, 0.5) is 5.82 Å². The van der Waals surface area contributed by atoms with Gasteiger partial charge in [0.1, 0.15) is 27.7 Å². The summed E-state index contributed by atoms with van der Waals surface area (Å²) in [5.74, 6) is 0.728. The number of rotatable bonds is 2. The van der Waals surface area contributed by atoms with Gasteiger partial charge in [-0.25, -0.2) is 19.6 Å². The Labute approximate surface area is 156 Å². The quantitative estimate of drug-likeness (QED) is 0.370. The molecule has 3 heterocycles. The van der Waals surface area contributed by atoms with Crippen LogP contribution in [0.3, 0.4) is 0 Å². The molecule has 0 fully saturated rings. The smallest absolute Gasteiger partial charge is 0.248 e. The van der Waals surface area contributed by atoms with Gasteiger partial charge in [0.05, 0.1) is 16.3 Å². The highest BCUT2D eigenvalue weighted by Gasteiger charge is 2.21. The predicted molar refractivity (Wildman–Crippen MR) is 103 cm³/mol. The minimum absolute atomic E-state index is 0.312. The first-order valence-corrected chi connectivity index (χ1v) is 8.48. The molecule has 2 N–H and O–H groups in total. The summed E-state index contributed by atoms with van der Waals surface area (Å²) in [5, 5.41) is 5.62. The van der Waals surface area contributed by atoms with Gasteiger partial charge in [0, 0.05) is 0 Å². The summed E-state index contributed by atoms with van der Waals surface area (Å²) in [4.78, 5) is 25.4. The Hall–Kier alpha value is -2.50. The number of benzene rings is 1. The summed E-state index contributed by atoms with van der Waals surface area (Å²) in [6.45, 7) is 1.85. The lowest BCUT2D eigenvalue weighted by Crippen LogP contribution is -2.27. The van der Waals surface area contributed by atoms with E-state index in [0.29, 0.717) is 37.3 Å². The summed E-state index contributed by atoms with van der Waals surface area (Å²) in [6.07, 6.45) is 1.38. The van der Waals surface area contributed by atoms with Crippen molar-refractivity contribution in [3.05, 3.63) is 50.5 Å². The van der Waals surface area contributed by atoms with Gasteiger partial charge in [0.2, 0.25) is 13.5 Å². The maximum absolute atomic E-state index is 12.5. The topological polar surface area (TPSA) is 105 Å². The lowest BCUT2D eigenvalue weighted by atomic mass is 10.2. The Kier molecular flexibility index (Phi) is 3.71. The number of aromatic nitrogens is 6. The maximum Gasteiger partial charge on any atom is 0.248 e. The summed E-state index contributed by atoms with van der Waals surface area (Å²) >= 11 is 2.07. The Morgan fingerprint density at radius 3 is 2.84 bits per heavy atom. The van der Waals surface area contributed by atoms with Gasteiger partial charge in [-0.1, -0.05) is 12.1 Å². The van der Waals surface area contributed by atoms with Crippen LogP contribution < -0.4 is 11.3 Å². The van der Waals surface area contributed by atoms with Crippen molar-refractivity contribution in [2.24, 2.45) is 0 Å². The van der Waals surface area contributed by atoms with Crippen LogP contribution in [-0.4, -0.2) is 37.2 Å². The Balaban J connectivity index is 1.97. The van der Waals surface area contributed by atoms with E-state index in [-0.39, 0.29) is 5.56 Å². The fraction of sp³-hybridized carbons (Fsp3) is 0.133. The number of nitrogens with zero attached hydrogens (tertiary/aromatic N) is 6. The molecule has 25 heavy (non-hydrogen) atoms. The van der Waals surface area contributed by atoms with Gasteiger partial charge in [-0.15, -0.1) is 0 Å². The van der Waals surface area contributed by atoms with Gasteiger partial charge in [-0.2, -0.15) is 5.10 Å². The molecule has 0 saturated carbocycles. The van der Waals surface area contributed by atoms with Gasteiger partial charge in [-0.3, -0.25) is 4.79 Å². The van der Waals surface area contributed by atoms with E-state index in [1.165, 1.54) is 6.33 Å². The molecule has 0 amide bonds. The zero-order valence-electron chi connectivity index (χ0n) is 13.1. The molecule has 1 atom stereocenters. The molecule has 4 aromatic rings. The van der Waals surface area contributed by atoms with Crippen LogP contribution in [0.15, 0.2) is 35.4 Å². The van der Waals surface area contributed by atoms with Crippen molar-refractivity contribution in [1.29, 1.82) is 0 Å². The van der Waals surface area contributed by atoms with Crippen molar-refractivity contribution in [1.82, 2.24) is 29.2 Å². The van der Waals surface area contributed by atoms with Crippen molar-refractivity contribution in [2.75, 3.05) is 5.73 Å². The Morgan fingerprint density at radius 2 is 2.04 bits per heavy atom. The van der Waals surface area contributed by atoms with E-state index in [0.717, 1.165) is 4.48 Å². The largest absolute Gasteiger partial charge is 0.383 e. The molecule has 1 aromatic carbocycles. The van der Waals surface area contributed by atoms with Gasteiger partial charge < -0.3 is 10.2 Å². The van der Waals surface area contributed by atoms with E-state index in [4.69, 9.17) is 13.7 Å². The van der Waals surface area contributed by atoms with Crippen LogP contribution in [0, 0.1) is 3.70 Å². The minimum Gasteiger partial charge on any atom is -0.383 e. The van der Waals surface area contributed by atoms with Gasteiger partial charge >= 0.3 is 0 Å². The number of nitrogen functional groups attached to an aromatic ring is 1. The van der Waals surface area contributed by atoms with E-state index < -0.39 is 6.04 Å². The van der Waals surface area contributed by atoms with Crippen molar-refractivity contribution in [3.8, 4) is 0 Å². The Bertz CT molecular complexity index is 1190. The van der Waals surface area contributed by atoms with Crippen molar-refractivity contribution in [2.45, 2.75) is 13.0 Å². The second kappa shape index (κ2) is 5.79.